The van der Waals surface area contributed by atoms with Crippen LogP contribution in [-0.4, -0.2) is 27.4 Å². The van der Waals surface area contributed by atoms with Crippen LogP contribution in [-0.2, 0) is 0 Å². The highest BCUT2D eigenvalue weighted by atomic mass is 35.5. The molecule has 0 saturated heterocycles. The maximum atomic E-state index is 10.2. The van der Waals surface area contributed by atoms with Crippen molar-refractivity contribution in [3.8, 4) is 11.3 Å². The lowest BCUT2D eigenvalue weighted by Crippen LogP contribution is -2.12. The Morgan fingerprint density at radius 3 is 2.55 bits per heavy atom. The first kappa shape index (κ1) is 22.0. The predicted octanol–water partition coefficient (Wildman–Crippen LogP) is 6.50. The molecular formula is C23H23ClN4OS2. The zero-order valence-electron chi connectivity index (χ0n) is 17.7. The van der Waals surface area contributed by atoms with Gasteiger partial charge in [-0.25, -0.2) is 4.98 Å². The smallest absolute Gasteiger partial charge is 0.188 e. The molecule has 160 valence electrons. The number of nitrogens with one attached hydrogen (secondary N) is 2. The predicted molar refractivity (Wildman–Crippen MR) is 132 cm³/mol. The van der Waals surface area contributed by atoms with Crippen molar-refractivity contribution < 1.29 is 5.11 Å². The van der Waals surface area contributed by atoms with Crippen LogP contribution in [0.1, 0.15) is 41.6 Å². The number of aliphatic hydroxyl groups is 1. The highest BCUT2D eigenvalue weighted by Crippen LogP contribution is 2.52. The number of aliphatic hydroxyl groups excluding tert-OH is 1. The Kier molecular flexibility index (Phi) is 6.21. The molecule has 31 heavy (non-hydrogen) atoms. The molecule has 4 rings (SSSR count). The van der Waals surface area contributed by atoms with Crippen molar-refractivity contribution in [2.45, 2.75) is 37.2 Å². The van der Waals surface area contributed by atoms with Gasteiger partial charge in [-0.2, -0.15) is 0 Å². The number of anilines is 1. The van der Waals surface area contributed by atoms with Gasteiger partial charge in [0.05, 0.1) is 22.2 Å². The van der Waals surface area contributed by atoms with E-state index in [2.05, 4.69) is 23.3 Å². The molecule has 1 atom stereocenters. The molecule has 2 aromatic heterocycles. The van der Waals surface area contributed by atoms with Crippen molar-refractivity contribution >= 4 is 51.1 Å². The second-order valence-corrected chi connectivity index (χ2v) is 10.6. The average Bonchev–Trinajstić information content (AvgIpc) is 3.08. The Labute approximate surface area is 195 Å². The second kappa shape index (κ2) is 8.74. The Hall–Kier alpha value is -2.19. The first-order valence-corrected chi connectivity index (χ1v) is 11.9. The van der Waals surface area contributed by atoms with Gasteiger partial charge in [0, 0.05) is 38.5 Å². The Balaban J connectivity index is 1.78. The number of hydrogen-bond donors (Lipinski definition) is 3. The van der Waals surface area contributed by atoms with Gasteiger partial charge in [-0.15, -0.1) is 11.8 Å². The minimum absolute atomic E-state index is 0.234. The lowest BCUT2D eigenvalue weighted by atomic mass is 9.99. The van der Waals surface area contributed by atoms with E-state index in [1.807, 2.05) is 38.1 Å². The maximum Gasteiger partial charge on any atom is 0.188 e. The van der Waals surface area contributed by atoms with Crippen LogP contribution in [0.3, 0.4) is 0 Å². The summed E-state index contributed by atoms with van der Waals surface area (Å²) < 4.78 is 1.12. The monoisotopic (exact) mass is 470 g/mol. The van der Waals surface area contributed by atoms with E-state index in [4.69, 9.17) is 22.0 Å². The van der Waals surface area contributed by atoms with Gasteiger partial charge in [-0.3, -0.25) is 4.98 Å². The number of allylic oxidation sites excluding steroid dienone is 1. The molecule has 0 amide bonds. The van der Waals surface area contributed by atoms with E-state index < -0.39 is 0 Å². The fourth-order valence-corrected chi connectivity index (χ4v) is 6.52. The molecule has 1 unspecified atom stereocenters. The van der Waals surface area contributed by atoms with Gasteiger partial charge in [-0.1, -0.05) is 29.0 Å². The lowest BCUT2D eigenvalue weighted by Gasteiger charge is -2.20. The SMILES string of the molecule is CC(=N)/C(=C(/CO)Nc1nc2c(s1)SC(C)c1ccc(Cl)cc1-2)c1cc(C)nc(C)c1. The van der Waals surface area contributed by atoms with Gasteiger partial charge in [0.15, 0.2) is 5.13 Å². The highest BCUT2D eigenvalue weighted by molar-refractivity contribution is 8.01. The van der Waals surface area contributed by atoms with E-state index in [0.717, 1.165) is 32.4 Å². The van der Waals surface area contributed by atoms with Gasteiger partial charge in [0.25, 0.3) is 0 Å². The normalized spacial score (nSPS) is 15.7. The molecule has 1 aliphatic rings. The standard InChI is InChI=1S/C23H23ClN4OS2/c1-11-7-15(8-12(2)26-11)20(13(3)25)19(10-29)27-23-28-21-18-9-16(24)5-6-17(18)14(4)30-22(21)31-23/h5-9,14,25,29H,10H2,1-4H3,(H,27,28)/b20-19+,25-13?. The van der Waals surface area contributed by atoms with Crippen molar-refractivity contribution in [2.75, 3.05) is 11.9 Å². The van der Waals surface area contributed by atoms with E-state index >= 15 is 0 Å². The van der Waals surface area contributed by atoms with Gasteiger partial charge in [-0.05, 0) is 63.1 Å². The van der Waals surface area contributed by atoms with Crippen molar-refractivity contribution in [1.29, 1.82) is 5.41 Å². The molecule has 0 fully saturated rings. The van der Waals surface area contributed by atoms with Gasteiger partial charge in [0.1, 0.15) is 0 Å². The van der Waals surface area contributed by atoms with Crippen molar-refractivity contribution in [2.24, 2.45) is 0 Å². The molecule has 0 aliphatic carbocycles. The fourth-order valence-electron chi connectivity index (χ4n) is 3.83. The molecule has 0 spiro atoms. The number of benzene rings is 1. The van der Waals surface area contributed by atoms with Crippen LogP contribution >= 0.6 is 34.7 Å². The van der Waals surface area contributed by atoms with Gasteiger partial charge < -0.3 is 15.8 Å². The summed E-state index contributed by atoms with van der Waals surface area (Å²) in [6.07, 6.45) is 0. The summed E-state index contributed by atoms with van der Waals surface area (Å²) in [7, 11) is 0. The van der Waals surface area contributed by atoms with Crippen molar-refractivity contribution in [1.82, 2.24) is 9.97 Å². The number of halogens is 1. The minimum Gasteiger partial charge on any atom is -0.390 e. The van der Waals surface area contributed by atoms with Crippen LogP contribution in [0, 0.1) is 19.3 Å². The largest absolute Gasteiger partial charge is 0.390 e. The number of thioether (sulfide) groups is 1. The summed E-state index contributed by atoms with van der Waals surface area (Å²) in [5.74, 6) is 0. The number of pyridine rings is 1. The first-order valence-electron chi connectivity index (χ1n) is 9.86. The second-order valence-electron chi connectivity index (χ2n) is 7.55. The molecule has 5 nitrogen and oxygen atoms in total. The van der Waals surface area contributed by atoms with E-state index in [1.165, 1.54) is 5.56 Å². The lowest BCUT2D eigenvalue weighted by molar-refractivity contribution is 0.333. The number of aromatic nitrogens is 2. The zero-order chi connectivity index (χ0) is 22.3. The Bertz CT molecular complexity index is 1200. The molecular weight excluding hydrogens is 448 g/mol. The molecule has 8 heteroatoms. The first-order chi connectivity index (χ1) is 14.8. The fraction of sp³-hybridized carbons (Fsp3) is 0.261. The molecule has 0 radical (unpaired) electrons. The number of rotatable bonds is 5. The summed E-state index contributed by atoms with van der Waals surface area (Å²) in [4.78, 5) is 9.25. The quantitative estimate of drug-likeness (QED) is 0.371. The zero-order valence-corrected chi connectivity index (χ0v) is 20.1. The summed E-state index contributed by atoms with van der Waals surface area (Å²) in [6.45, 7) is 7.52. The summed E-state index contributed by atoms with van der Waals surface area (Å²) in [6, 6.07) is 9.81. The Morgan fingerprint density at radius 1 is 1.19 bits per heavy atom. The van der Waals surface area contributed by atoms with E-state index in [-0.39, 0.29) is 6.61 Å². The number of fused-ring (bicyclic) bond motifs is 3. The van der Waals surface area contributed by atoms with Crippen LogP contribution in [0.4, 0.5) is 5.13 Å². The van der Waals surface area contributed by atoms with Gasteiger partial charge in [0.2, 0.25) is 0 Å². The number of nitrogens with zero attached hydrogens (tertiary/aromatic N) is 2. The third kappa shape index (κ3) is 4.41. The van der Waals surface area contributed by atoms with E-state index in [9.17, 15) is 5.11 Å². The molecule has 3 heterocycles. The molecule has 0 bridgehead atoms. The van der Waals surface area contributed by atoms with Crippen LogP contribution in [0.5, 0.6) is 0 Å². The van der Waals surface area contributed by atoms with Gasteiger partial charge >= 0.3 is 0 Å². The Morgan fingerprint density at radius 2 is 1.90 bits per heavy atom. The third-order valence-corrected chi connectivity index (χ3v) is 7.61. The molecule has 0 saturated carbocycles. The van der Waals surface area contributed by atoms with E-state index in [1.54, 1.807) is 30.0 Å². The van der Waals surface area contributed by atoms with Crippen molar-refractivity contribution in [3.63, 3.8) is 0 Å². The molecule has 3 aromatic rings. The van der Waals surface area contributed by atoms with Crippen LogP contribution in [0.2, 0.25) is 5.02 Å². The third-order valence-electron chi connectivity index (χ3n) is 5.05. The molecule has 3 N–H and O–H groups in total. The number of thiazole rings is 1. The number of hydrogen-bond acceptors (Lipinski definition) is 7. The summed E-state index contributed by atoms with van der Waals surface area (Å²) >= 11 is 9.59. The molecule has 1 aromatic carbocycles. The van der Waals surface area contributed by atoms with Crippen LogP contribution in [0.25, 0.3) is 16.8 Å². The summed E-state index contributed by atoms with van der Waals surface area (Å²) in [5.41, 5.74) is 7.35. The number of aryl methyl sites for hydroxylation is 2. The average molecular weight is 471 g/mol. The maximum absolute atomic E-state index is 10.2. The van der Waals surface area contributed by atoms with Crippen molar-refractivity contribution in [3.05, 3.63) is 63.6 Å². The summed E-state index contributed by atoms with van der Waals surface area (Å²) in [5, 5.41) is 23.5. The topological polar surface area (TPSA) is 81.9 Å². The molecule has 1 aliphatic heterocycles. The minimum atomic E-state index is -0.234. The van der Waals surface area contributed by atoms with Crippen LogP contribution in [0.15, 0.2) is 40.2 Å². The highest BCUT2D eigenvalue weighted by Gasteiger charge is 2.27. The van der Waals surface area contributed by atoms with Crippen LogP contribution < -0.4 is 5.32 Å². The van der Waals surface area contributed by atoms with E-state index in [0.29, 0.717) is 32.4 Å².